The highest BCUT2D eigenvalue weighted by Crippen LogP contribution is 2.29. The van der Waals surface area contributed by atoms with Crippen molar-refractivity contribution in [3.63, 3.8) is 0 Å². The van der Waals surface area contributed by atoms with Gasteiger partial charge in [-0.05, 0) is 30.6 Å². The highest BCUT2D eigenvalue weighted by atomic mass is 16.5. The van der Waals surface area contributed by atoms with Gasteiger partial charge in [0.2, 0.25) is 5.89 Å². The van der Waals surface area contributed by atoms with E-state index in [-0.39, 0.29) is 0 Å². The largest absolute Gasteiger partial charge is 0.496 e. The topological polar surface area (TPSA) is 54.6 Å². The molecule has 23 heavy (non-hydrogen) atoms. The average Bonchev–Trinajstić information content (AvgIpc) is 3.06. The van der Waals surface area contributed by atoms with E-state index in [9.17, 15) is 0 Å². The molecular weight excluding hydrogens is 292 g/mol. The van der Waals surface area contributed by atoms with Gasteiger partial charge in [0.1, 0.15) is 5.75 Å². The van der Waals surface area contributed by atoms with Crippen LogP contribution in [-0.4, -0.2) is 49.3 Å². The molecule has 1 aromatic carbocycles. The molecule has 3 rings (SSSR count). The van der Waals surface area contributed by atoms with Crippen molar-refractivity contribution in [1.82, 2.24) is 15.0 Å². The number of methoxy groups -OCH3 is 1. The third-order valence-corrected chi connectivity index (χ3v) is 4.27. The number of rotatable bonds is 5. The molecule has 1 atom stereocenters. The maximum Gasteiger partial charge on any atom is 0.265 e. The minimum Gasteiger partial charge on any atom is -0.496 e. The van der Waals surface area contributed by atoms with E-state index < -0.39 is 0 Å². The average molecular weight is 316 g/mol. The molecule has 6 heteroatoms. The number of anilines is 1. The summed E-state index contributed by atoms with van der Waals surface area (Å²) in [7, 11) is 5.56. The summed E-state index contributed by atoms with van der Waals surface area (Å²) in [5.41, 5.74) is 1.22. The Labute approximate surface area is 137 Å². The molecule has 0 spiro atoms. The molecule has 0 N–H and O–H groups in total. The zero-order valence-electron chi connectivity index (χ0n) is 14.0. The zero-order chi connectivity index (χ0) is 16.2. The van der Waals surface area contributed by atoms with Crippen molar-refractivity contribution >= 4 is 5.95 Å². The summed E-state index contributed by atoms with van der Waals surface area (Å²) in [6.45, 7) is 2.91. The molecule has 1 fully saturated rings. The lowest BCUT2D eigenvalue weighted by atomic mass is 9.97. The van der Waals surface area contributed by atoms with Crippen LogP contribution in [-0.2, 0) is 6.54 Å². The van der Waals surface area contributed by atoms with Crippen molar-refractivity contribution < 1.29 is 9.26 Å². The fourth-order valence-corrected chi connectivity index (χ4v) is 3.05. The van der Waals surface area contributed by atoms with Crippen LogP contribution < -0.4 is 9.64 Å². The summed E-state index contributed by atoms with van der Waals surface area (Å²) in [6.07, 6.45) is 2.23. The molecule has 1 unspecified atom stereocenters. The summed E-state index contributed by atoms with van der Waals surface area (Å²) in [4.78, 5) is 8.81. The van der Waals surface area contributed by atoms with E-state index in [2.05, 4.69) is 27.2 Å². The van der Waals surface area contributed by atoms with E-state index in [1.165, 1.54) is 5.56 Å². The molecule has 2 heterocycles. The second-order valence-electron chi connectivity index (χ2n) is 6.21. The van der Waals surface area contributed by atoms with Gasteiger partial charge >= 0.3 is 0 Å². The monoisotopic (exact) mass is 316 g/mol. The molecular formula is C17H24N4O2. The van der Waals surface area contributed by atoms with Gasteiger partial charge in [0.15, 0.2) is 0 Å². The smallest absolute Gasteiger partial charge is 0.265 e. The van der Waals surface area contributed by atoms with Crippen molar-refractivity contribution in [1.29, 1.82) is 0 Å². The second kappa shape index (κ2) is 7.00. The van der Waals surface area contributed by atoms with Crippen LogP contribution in [0, 0.1) is 0 Å². The van der Waals surface area contributed by atoms with Crippen molar-refractivity contribution in [2.45, 2.75) is 25.3 Å². The summed E-state index contributed by atoms with van der Waals surface area (Å²) in [6, 6.07) is 8.20. The highest BCUT2D eigenvalue weighted by Gasteiger charge is 2.26. The van der Waals surface area contributed by atoms with Crippen molar-refractivity contribution in [3.8, 4) is 5.75 Å². The first kappa shape index (κ1) is 15.8. The molecule has 0 saturated carbocycles. The molecule has 1 aliphatic rings. The first-order valence-electron chi connectivity index (χ1n) is 8.02. The Kier molecular flexibility index (Phi) is 4.81. The third-order valence-electron chi connectivity index (χ3n) is 4.27. The maximum atomic E-state index is 5.45. The summed E-state index contributed by atoms with van der Waals surface area (Å²) in [5.74, 6) is 2.64. The number of ether oxygens (including phenoxy) is 1. The first-order valence-corrected chi connectivity index (χ1v) is 8.02. The molecule has 2 aromatic rings. The van der Waals surface area contributed by atoms with Gasteiger partial charge in [-0.2, -0.15) is 4.98 Å². The molecule has 0 radical (unpaired) electrons. The number of para-hydroxylation sites is 1. The summed E-state index contributed by atoms with van der Waals surface area (Å²) < 4.78 is 10.9. The fraction of sp³-hybridized carbons (Fsp3) is 0.529. The minimum absolute atomic E-state index is 0.305. The number of piperidine rings is 1. The molecule has 6 nitrogen and oxygen atoms in total. The number of benzene rings is 1. The second-order valence-corrected chi connectivity index (χ2v) is 6.21. The van der Waals surface area contributed by atoms with Crippen molar-refractivity contribution in [2.24, 2.45) is 0 Å². The van der Waals surface area contributed by atoms with Gasteiger partial charge in [-0.3, -0.25) is 4.90 Å². The van der Waals surface area contributed by atoms with Crippen LogP contribution >= 0.6 is 0 Å². The van der Waals surface area contributed by atoms with E-state index in [4.69, 9.17) is 9.26 Å². The number of likely N-dealkylation sites (tertiary alicyclic amines) is 1. The Morgan fingerprint density at radius 3 is 2.91 bits per heavy atom. The normalized spacial score (nSPS) is 18.8. The van der Waals surface area contributed by atoms with Crippen LogP contribution in [0.2, 0.25) is 0 Å². The molecule has 0 bridgehead atoms. The van der Waals surface area contributed by atoms with Gasteiger partial charge in [0.25, 0.3) is 5.95 Å². The van der Waals surface area contributed by atoms with Crippen molar-refractivity contribution in [3.05, 3.63) is 35.7 Å². The SMILES string of the molecule is COc1ccccc1CN1CCCC(c2nc(N(C)C)no2)C1. The van der Waals surface area contributed by atoms with E-state index in [0.29, 0.717) is 11.9 Å². The van der Waals surface area contributed by atoms with Gasteiger partial charge in [0.05, 0.1) is 13.0 Å². The lowest BCUT2D eigenvalue weighted by molar-refractivity contribution is 0.178. The van der Waals surface area contributed by atoms with Crippen LogP contribution in [0.25, 0.3) is 0 Å². The predicted octanol–water partition coefficient (Wildman–Crippen LogP) is 2.52. The Balaban J connectivity index is 1.68. The van der Waals surface area contributed by atoms with Gasteiger partial charge < -0.3 is 14.2 Å². The highest BCUT2D eigenvalue weighted by molar-refractivity contribution is 5.33. The molecule has 0 aliphatic carbocycles. The lowest BCUT2D eigenvalue weighted by Crippen LogP contribution is -2.34. The van der Waals surface area contributed by atoms with Gasteiger partial charge in [0, 0.05) is 32.7 Å². The minimum atomic E-state index is 0.305. The van der Waals surface area contributed by atoms with E-state index >= 15 is 0 Å². The third kappa shape index (κ3) is 3.64. The van der Waals surface area contributed by atoms with Crippen LogP contribution in [0.4, 0.5) is 5.95 Å². The van der Waals surface area contributed by atoms with Crippen molar-refractivity contribution in [2.75, 3.05) is 39.2 Å². The predicted molar refractivity (Wildman–Crippen MR) is 88.9 cm³/mol. The standard InChI is InChI=1S/C17H24N4O2/c1-20(2)17-18-16(23-19-17)14-8-6-10-21(12-14)11-13-7-4-5-9-15(13)22-3/h4-5,7,9,14H,6,8,10-12H2,1-3H3. The number of hydrogen-bond acceptors (Lipinski definition) is 6. The quantitative estimate of drug-likeness (QED) is 0.845. The number of hydrogen-bond donors (Lipinski definition) is 0. The van der Waals surface area contributed by atoms with Crippen LogP contribution in [0.1, 0.15) is 30.2 Å². The molecule has 124 valence electrons. The Bertz CT molecular complexity index is 641. The Morgan fingerprint density at radius 2 is 2.17 bits per heavy atom. The number of nitrogens with zero attached hydrogens (tertiary/aromatic N) is 4. The molecule has 1 aromatic heterocycles. The van der Waals surface area contributed by atoms with Gasteiger partial charge in [-0.25, -0.2) is 0 Å². The molecule has 1 saturated heterocycles. The fourth-order valence-electron chi connectivity index (χ4n) is 3.05. The van der Waals surface area contributed by atoms with Crippen LogP contribution in [0.15, 0.2) is 28.8 Å². The lowest BCUT2D eigenvalue weighted by Gasteiger charge is -2.31. The Morgan fingerprint density at radius 1 is 1.35 bits per heavy atom. The van der Waals surface area contributed by atoms with E-state index in [1.807, 2.05) is 31.1 Å². The van der Waals surface area contributed by atoms with Crippen LogP contribution in [0.3, 0.4) is 0 Å². The Hall–Kier alpha value is -2.08. The van der Waals surface area contributed by atoms with Gasteiger partial charge in [-0.15, -0.1) is 0 Å². The molecule has 0 amide bonds. The first-order chi connectivity index (χ1) is 11.2. The summed E-state index contributed by atoms with van der Waals surface area (Å²) in [5, 5.41) is 4.03. The summed E-state index contributed by atoms with van der Waals surface area (Å²) >= 11 is 0. The van der Waals surface area contributed by atoms with Crippen LogP contribution in [0.5, 0.6) is 5.75 Å². The van der Waals surface area contributed by atoms with Gasteiger partial charge in [-0.1, -0.05) is 18.2 Å². The maximum absolute atomic E-state index is 5.45. The molecule has 1 aliphatic heterocycles. The van der Waals surface area contributed by atoms with E-state index in [1.54, 1.807) is 7.11 Å². The van der Waals surface area contributed by atoms with E-state index in [0.717, 1.165) is 44.1 Å². The zero-order valence-corrected chi connectivity index (χ0v) is 14.0. The number of aromatic nitrogens is 2.